The van der Waals surface area contributed by atoms with Gasteiger partial charge in [0.15, 0.2) is 0 Å². The van der Waals surface area contributed by atoms with Crippen molar-refractivity contribution in [1.82, 2.24) is 4.90 Å². The second kappa shape index (κ2) is 5.78. The summed E-state index contributed by atoms with van der Waals surface area (Å²) >= 11 is 0. The fraction of sp³-hybridized carbons (Fsp3) is 1.00. The molecule has 0 aromatic carbocycles. The molecule has 1 aliphatic heterocycles. The molecule has 8 nitrogen and oxygen atoms in total. The van der Waals surface area contributed by atoms with Gasteiger partial charge in [-0.15, -0.1) is 0 Å². The Morgan fingerprint density at radius 3 is 2.33 bits per heavy atom. The molecule has 0 aromatic heterocycles. The van der Waals surface area contributed by atoms with Crippen LogP contribution in [0.5, 0.6) is 0 Å². The Hall–Kier alpha value is -0.320. The molecule has 5 N–H and O–H groups in total. The Morgan fingerprint density at radius 1 is 0.967 bits per heavy atom. The van der Waals surface area contributed by atoms with E-state index in [-0.39, 0.29) is 36.3 Å². The Bertz CT molecular complexity index is 768. The first-order valence-corrected chi connectivity index (χ1v) is 11.5. The number of hydrogen-bond donors (Lipinski definition) is 5. The fourth-order valence-electron chi connectivity index (χ4n) is 9.98. The van der Waals surface area contributed by atoms with Crippen molar-refractivity contribution in [2.24, 2.45) is 29.1 Å². The fourth-order valence-corrected chi connectivity index (χ4v) is 9.98. The zero-order chi connectivity index (χ0) is 21.4. The van der Waals surface area contributed by atoms with Crippen LogP contribution < -0.4 is 0 Å². The topological polar surface area (TPSA) is 123 Å². The maximum Gasteiger partial charge on any atom is 0.124 e. The van der Waals surface area contributed by atoms with Crippen molar-refractivity contribution in [1.29, 1.82) is 0 Å². The quantitative estimate of drug-likeness (QED) is 0.379. The van der Waals surface area contributed by atoms with Gasteiger partial charge in [0.1, 0.15) is 16.8 Å². The Morgan fingerprint density at radius 2 is 1.70 bits per heavy atom. The van der Waals surface area contributed by atoms with Crippen LogP contribution in [0.1, 0.15) is 32.6 Å². The van der Waals surface area contributed by atoms with E-state index in [1.165, 1.54) is 0 Å². The molecule has 7 bridgehead atoms. The number of nitrogens with zero attached hydrogens (tertiary/aromatic N) is 1. The van der Waals surface area contributed by atoms with E-state index in [9.17, 15) is 25.5 Å². The summed E-state index contributed by atoms with van der Waals surface area (Å²) in [7, 11) is 3.21. The molecule has 6 fully saturated rings. The number of aliphatic hydroxyl groups excluding tert-OH is 2. The van der Waals surface area contributed by atoms with E-state index in [4.69, 9.17) is 9.47 Å². The van der Waals surface area contributed by atoms with E-state index >= 15 is 0 Å². The number of hydrogen-bond acceptors (Lipinski definition) is 8. The van der Waals surface area contributed by atoms with E-state index < -0.39 is 46.4 Å². The molecule has 0 aromatic rings. The van der Waals surface area contributed by atoms with Gasteiger partial charge in [0.25, 0.3) is 0 Å². The van der Waals surface area contributed by atoms with Gasteiger partial charge >= 0.3 is 0 Å². The predicted molar refractivity (Wildman–Crippen MR) is 104 cm³/mol. The third kappa shape index (κ3) is 1.73. The summed E-state index contributed by atoms with van der Waals surface area (Å²) in [6.07, 6.45) is -1.26. The molecule has 30 heavy (non-hydrogen) atoms. The lowest BCUT2D eigenvalue weighted by Crippen LogP contribution is -2.84. The summed E-state index contributed by atoms with van der Waals surface area (Å²) in [5.74, 6) is -1.25. The number of methoxy groups -OCH3 is 2. The molecule has 1 saturated heterocycles. The Balaban J connectivity index is 1.63. The summed E-state index contributed by atoms with van der Waals surface area (Å²) in [5.41, 5.74) is -5.10. The summed E-state index contributed by atoms with van der Waals surface area (Å²) < 4.78 is 11.6. The van der Waals surface area contributed by atoms with E-state index in [0.717, 1.165) is 0 Å². The molecular weight excluding hydrogens is 390 g/mol. The lowest BCUT2D eigenvalue weighted by molar-refractivity contribution is -0.345. The van der Waals surface area contributed by atoms with Gasteiger partial charge in [-0.05, 0) is 19.4 Å². The van der Waals surface area contributed by atoms with Crippen molar-refractivity contribution in [3.05, 3.63) is 0 Å². The molecule has 13 atom stereocenters. The molecule has 0 radical (unpaired) electrons. The first-order valence-electron chi connectivity index (χ1n) is 11.5. The average molecular weight is 426 g/mol. The molecule has 5 aliphatic carbocycles. The Labute approximate surface area is 176 Å². The maximum atomic E-state index is 12.3. The van der Waals surface area contributed by atoms with Crippen molar-refractivity contribution < 1.29 is 35.0 Å². The Kier molecular flexibility index (Phi) is 3.91. The minimum Gasteiger partial charge on any atom is -0.392 e. The molecule has 0 amide bonds. The lowest BCUT2D eigenvalue weighted by atomic mass is 9.43. The lowest BCUT2D eigenvalue weighted by Gasteiger charge is -2.70. The van der Waals surface area contributed by atoms with E-state index in [0.29, 0.717) is 32.4 Å². The van der Waals surface area contributed by atoms with Crippen LogP contribution in [-0.2, 0) is 9.47 Å². The largest absolute Gasteiger partial charge is 0.392 e. The second-order valence-corrected chi connectivity index (χ2v) is 11.0. The van der Waals surface area contributed by atoms with Gasteiger partial charge in [0.2, 0.25) is 0 Å². The van der Waals surface area contributed by atoms with Gasteiger partial charge in [-0.3, -0.25) is 4.90 Å². The highest BCUT2D eigenvalue weighted by Gasteiger charge is 2.89. The van der Waals surface area contributed by atoms with Gasteiger partial charge in [-0.1, -0.05) is 6.92 Å². The molecular formula is C22H35NO7. The van der Waals surface area contributed by atoms with Gasteiger partial charge in [-0.25, -0.2) is 0 Å². The highest BCUT2D eigenvalue weighted by Crippen LogP contribution is 2.78. The summed E-state index contributed by atoms with van der Waals surface area (Å²) in [6.45, 7) is 2.99. The number of ether oxygens (including phenoxy) is 2. The van der Waals surface area contributed by atoms with E-state index in [1.54, 1.807) is 14.2 Å². The van der Waals surface area contributed by atoms with Crippen LogP contribution in [0.3, 0.4) is 0 Å². The zero-order valence-corrected chi connectivity index (χ0v) is 17.9. The molecule has 1 spiro atoms. The van der Waals surface area contributed by atoms with Crippen molar-refractivity contribution >= 4 is 0 Å². The second-order valence-electron chi connectivity index (χ2n) is 11.0. The molecule has 6 rings (SSSR count). The molecule has 6 aliphatic rings. The monoisotopic (exact) mass is 425 g/mol. The van der Waals surface area contributed by atoms with Crippen LogP contribution in [0.2, 0.25) is 0 Å². The zero-order valence-electron chi connectivity index (χ0n) is 17.9. The third-order valence-corrected chi connectivity index (χ3v) is 10.8. The minimum absolute atomic E-state index is 0.0908. The van der Waals surface area contributed by atoms with Gasteiger partial charge < -0.3 is 35.0 Å². The van der Waals surface area contributed by atoms with E-state index in [2.05, 4.69) is 4.90 Å². The van der Waals surface area contributed by atoms with Gasteiger partial charge in [0.05, 0.1) is 24.4 Å². The van der Waals surface area contributed by atoms with Crippen LogP contribution >= 0.6 is 0 Å². The highest BCUT2D eigenvalue weighted by molar-refractivity contribution is 5.39. The third-order valence-electron chi connectivity index (χ3n) is 10.8. The smallest absolute Gasteiger partial charge is 0.124 e. The number of β-amino-alcohol motifs (C(OH)–C–C–N with tert-alkyl or cyclic N) is 1. The highest BCUT2D eigenvalue weighted by atomic mass is 16.5. The number of likely N-dealkylation sites (N-methyl/N-ethyl adjacent to an activating group) is 1. The van der Waals surface area contributed by atoms with Crippen molar-refractivity contribution in [2.75, 3.05) is 27.3 Å². The predicted octanol–water partition coefficient (Wildman–Crippen LogP) is -1.28. The first kappa shape index (κ1) is 20.3. The maximum absolute atomic E-state index is 12.3. The standard InChI is InChI=1S/C22H35NO7/c1-4-23-9-19(26)13-6-11-17(23)21(13,16(25)7-15(19)24)14-5-10-12(29-2)8-20(11,27)22(14,28)18(10)30-3/h10-18,24-28H,4-9H2,1-3H3/t10-,11+,12+,13-,14-,15-,16+,17-,18+,19-,20+,21+,22+/m1/s1. The number of likely N-dealkylation sites (tertiary alicyclic amines) is 1. The molecule has 8 heteroatoms. The summed E-state index contributed by atoms with van der Waals surface area (Å²) in [5, 5.41) is 58.8. The van der Waals surface area contributed by atoms with Crippen LogP contribution in [0.4, 0.5) is 0 Å². The molecule has 170 valence electrons. The van der Waals surface area contributed by atoms with Crippen molar-refractivity contribution in [3.8, 4) is 0 Å². The van der Waals surface area contributed by atoms with Crippen LogP contribution in [0, 0.1) is 29.1 Å². The van der Waals surface area contributed by atoms with Crippen LogP contribution in [0.25, 0.3) is 0 Å². The molecule has 5 saturated carbocycles. The minimum atomic E-state index is -1.52. The summed E-state index contributed by atoms with van der Waals surface area (Å²) in [6, 6.07) is -0.155. The number of aliphatic hydroxyl groups is 5. The number of piperidine rings is 1. The number of fused-ring (bicyclic) bond motifs is 2. The van der Waals surface area contributed by atoms with Crippen LogP contribution in [-0.4, -0.2) is 105 Å². The number of rotatable bonds is 3. The molecule has 0 unspecified atom stereocenters. The SMILES string of the molecule is CCN1C[C@]2(O)[C@H](O)C[C@H](O)[C@@]34[C@@H]2C[C@@H]([C@@H]13)[C@@]1(O)C[C@H](OC)[C@H]2C[C@H]4[C@]1(O)[C@H]2OC. The van der Waals surface area contributed by atoms with Crippen molar-refractivity contribution in [2.45, 2.75) is 79.9 Å². The van der Waals surface area contributed by atoms with Gasteiger partial charge in [-0.2, -0.15) is 0 Å². The summed E-state index contributed by atoms with van der Waals surface area (Å²) in [4.78, 5) is 2.15. The van der Waals surface area contributed by atoms with Gasteiger partial charge in [0, 0.05) is 68.7 Å². The van der Waals surface area contributed by atoms with Crippen LogP contribution in [0.15, 0.2) is 0 Å². The molecule has 1 heterocycles. The van der Waals surface area contributed by atoms with Crippen molar-refractivity contribution in [3.63, 3.8) is 0 Å². The van der Waals surface area contributed by atoms with E-state index in [1.807, 2.05) is 6.92 Å². The normalized spacial score (nSPS) is 65.8. The first-order chi connectivity index (χ1) is 14.2. The average Bonchev–Trinajstić information content (AvgIpc) is 3.14.